The second-order valence-electron chi connectivity index (χ2n) is 4.80. The number of nitrogens with two attached hydrogens (primary N) is 3. The molecular formula is C15H19N3O2. The third-order valence-corrected chi connectivity index (χ3v) is 3.15. The maximum atomic E-state index is 9.67. The van der Waals surface area contributed by atoms with Gasteiger partial charge in [0.15, 0.2) is 0 Å². The number of aliphatic hydroxyl groups is 2. The van der Waals surface area contributed by atoms with Crippen LogP contribution in [0.25, 0.3) is 11.1 Å². The molecule has 20 heavy (non-hydrogen) atoms. The maximum Gasteiger partial charge on any atom is 0.0812 e. The van der Waals surface area contributed by atoms with Crippen LogP contribution in [0.15, 0.2) is 36.4 Å². The summed E-state index contributed by atoms with van der Waals surface area (Å²) in [5, 5.41) is 18.7. The van der Waals surface area contributed by atoms with E-state index in [1.807, 2.05) is 18.2 Å². The van der Waals surface area contributed by atoms with E-state index in [9.17, 15) is 5.11 Å². The number of anilines is 3. The van der Waals surface area contributed by atoms with Crippen molar-refractivity contribution in [1.29, 1.82) is 0 Å². The number of hydrogen-bond acceptors (Lipinski definition) is 5. The van der Waals surface area contributed by atoms with E-state index >= 15 is 0 Å². The van der Waals surface area contributed by atoms with Gasteiger partial charge in [0, 0.05) is 23.5 Å². The van der Waals surface area contributed by atoms with E-state index in [1.165, 1.54) is 0 Å². The van der Waals surface area contributed by atoms with Crippen molar-refractivity contribution in [3.05, 3.63) is 42.0 Å². The SMILES string of the molecule is Nc1cccc(-c2cc(N)cc(N)c2CC(O)CO)c1. The molecule has 0 saturated carbocycles. The third kappa shape index (κ3) is 3.01. The van der Waals surface area contributed by atoms with Crippen LogP contribution in [-0.4, -0.2) is 22.9 Å². The van der Waals surface area contributed by atoms with Gasteiger partial charge in [0.05, 0.1) is 12.7 Å². The normalized spacial score (nSPS) is 12.3. The van der Waals surface area contributed by atoms with Crippen molar-refractivity contribution < 1.29 is 10.2 Å². The van der Waals surface area contributed by atoms with E-state index in [1.54, 1.807) is 18.2 Å². The lowest BCUT2D eigenvalue weighted by atomic mass is 9.93. The van der Waals surface area contributed by atoms with E-state index in [2.05, 4.69) is 0 Å². The van der Waals surface area contributed by atoms with E-state index < -0.39 is 6.10 Å². The lowest BCUT2D eigenvalue weighted by Gasteiger charge is -2.16. The molecule has 8 N–H and O–H groups in total. The molecule has 0 aliphatic heterocycles. The summed E-state index contributed by atoms with van der Waals surface area (Å²) in [7, 11) is 0. The van der Waals surface area contributed by atoms with Crippen LogP contribution < -0.4 is 17.2 Å². The average molecular weight is 273 g/mol. The highest BCUT2D eigenvalue weighted by molar-refractivity contribution is 5.79. The Morgan fingerprint density at radius 3 is 2.40 bits per heavy atom. The Morgan fingerprint density at radius 1 is 1.00 bits per heavy atom. The van der Waals surface area contributed by atoms with Gasteiger partial charge in [-0.2, -0.15) is 0 Å². The average Bonchev–Trinajstić information content (AvgIpc) is 2.41. The smallest absolute Gasteiger partial charge is 0.0812 e. The Morgan fingerprint density at radius 2 is 1.75 bits per heavy atom. The van der Waals surface area contributed by atoms with Crippen LogP contribution in [0, 0.1) is 0 Å². The zero-order valence-corrected chi connectivity index (χ0v) is 11.1. The summed E-state index contributed by atoms with van der Waals surface area (Å²) in [4.78, 5) is 0. The van der Waals surface area contributed by atoms with E-state index in [4.69, 9.17) is 22.3 Å². The molecule has 0 fully saturated rings. The first kappa shape index (κ1) is 14.2. The highest BCUT2D eigenvalue weighted by Crippen LogP contribution is 2.32. The summed E-state index contributed by atoms with van der Waals surface area (Å²) < 4.78 is 0. The Balaban J connectivity index is 2.55. The van der Waals surface area contributed by atoms with Gasteiger partial charge in [-0.3, -0.25) is 0 Å². The minimum Gasteiger partial charge on any atom is -0.399 e. The molecule has 2 rings (SSSR count). The molecule has 0 heterocycles. The molecule has 0 spiro atoms. The molecular weight excluding hydrogens is 254 g/mol. The largest absolute Gasteiger partial charge is 0.399 e. The van der Waals surface area contributed by atoms with Gasteiger partial charge in [0.1, 0.15) is 0 Å². The van der Waals surface area contributed by atoms with Crippen LogP contribution in [0.2, 0.25) is 0 Å². The molecule has 0 aliphatic carbocycles. The van der Waals surface area contributed by atoms with Crippen LogP contribution in [0.4, 0.5) is 17.1 Å². The molecule has 106 valence electrons. The summed E-state index contributed by atoms with van der Waals surface area (Å²) in [6, 6.07) is 10.8. The molecule has 0 saturated heterocycles. The molecule has 5 heteroatoms. The minimum absolute atomic E-state index is 0.257. The van der Waals surface area contributed by atoms with Crippen LogP contribution in [0.3, 0.4) is 0 Å². The standard InChI is InChI=1S/C15H19N3O2/c16-10-3-1-2-9(4-10)13-5-11(17)6-15(18)14(13)7-12(20)8-19/h1-6,12,19-20H,7-8,16-18H2. The van der Waals surface area contributed by atoms with Gasteiger partial charge in [-0.25, -0.2) is 0 Å². The lowest BCUT2D eigenvalue weighted by molar-refractivity contribution is 0.0957. The summed E-state index contributed by atoms with van der Waals surface area (Å²) in [5.41, 5.74) is 21.8. The van der Waals surface area contributed by atoms with Crippen molar-refractivity contribution in [2.45, 2.75) is 12.5 Å². The van der Waals surface area contributed by atoms with Crippen molar-refractivity contribution in [2.75, 3.05) is 23.8 Å². The van der Waals surface area contributed by atoms with Crippen LogP contribution in [-0.2, 0) is 6.42 Å². The molecule has 0 aromatic heterocycles. The maximum absolute atomic E-state index is 9.67. The summed E-state index contributed by atoms with van der Waals surface area (Å²) in [5.74, 6) is 0. The van der Waals surface area contributed by atoms with Crippen LogP contribution in [0.5, 0.6) is 0 Å². The number of nitrogen functional groups attached to an aromatic ring is 3. The number of hydrogen-bond donors (Lipinski definition) is 5. The summed E-state index contributed by atoms with van der Waals surface area (Å²) in [6.07, 6.45) is -0.604. The van der Waals surface area contributed by atoms with Crippen molar-refractivity contribution in [3.8, 4) is 11.1 Å². The van der Waals surface area contributed by atoms with Gasteiger partial charge in [-0.05, 0) is 41.0 Å². The Bertz CT molecular complexity index is 614. The molecule has 5 nitrogen and oxygen atoms in total. The van der Waals surface area contributed by atoms with Crippen LogP contribution in [0.1, 0.15) is 5.56 Å². The first-order valence-electron chi connectivity index (χ1n) is 6.34. The molecule has 0 bridgehead atoms. The molecule has 1 unspecified atom stereocenters. The van der Waals surface area contributed by atoms with Crippen molar-refractivity contribution >= 4 is 17.1 Å². The Labute approximate surface area is 117 Å². The quantitative estimate of drug-likeness (QED) is 0.532. The zero-order chi connectivity index (χ0) is 14.7. The van der Waals surface area contributed by atoms with Crippen molar-refractivity contribution in [1.82, 2.24) is 0 Å². The van der Waals surface area contributed by atoms with E-state index in [0.29, 0.717) is 17.1 Å². The number of aliphatic hydroxyl groups excluding tert-OH is 2. The molecule has 0 radical (unpaired) electrons. The van der Waals surface area contributed by atoms with E-state index in [0.717, 1.165) is 16.7 Å². The van der Waals surface area contributed by atoms with Gasteiger partial charge < -0.3 is 27.4 Å². The van der Waals surface area contributed by atoms with Crippen molar-refractivity contribution in [2.24, 2.45) is 0 Å². The number of benzene rings is 2. The topological polar surface area (TPSA) is 119 Å². The summed E-state index contributed by atoms with van der Waals surface area (Å²) in [6.45, 7) is -0.319. The highest BCUT2D eigenvalue weighted by Gasteiger charge is 2.14. The third-order valence-electron chi connectivity index (χ3n) is 3.15. The predicted octanol–water partition coefficient (Wildman–Crippen LogP) is 0.996. The lowest BCUT2D eigenvalue weighted by Crippen LogP contribution is -2.17. The fourth-order valence-electron chi connectivity index (χ4n) is 2.21. The Kier molecular flexibility index (Phi) is 4.12. The molecule has 0 aliphatic rings. The van der Waals surface area contributed by atoms with Gasteiger partial charge in [0.2, 0.25) is 0 Å². The second kappa shape index (κ2) is 5.81. The second-order valence-corrected chi connectivity index (χ2v) is 4.80. The van der Waals surface area contributed by atoms with Gasteiger partial charge in [-0.15, -0.1) is 0 Å². The molecule has 2 aromatic rings. The van der Waals surface area contributed by atoms with Crippen LogP contribution >= 0.6 is 0 Å². The van der Waals surface area contributed by atoms with Gasteiger partial charge in [0.25, 0.3) is 0 Å². The molecule has 1 atom stereocenters. The Hall–Kier alpha value is -2.24. The summed E-state index contributed by atoms with van der Waals surface area (Å²) >= 11 is 0. The molecule has 0 amide bonds. The first-order chi connectivity index (χ1) is 9.51. The fourth-order valence-corrected chi connectivity index (χ4v) is 2.21. The van der Waals surface area contributed by atoms with Crippen molar-refractivity contribution in [3.63, 3.8) is 0 Å². The fraction of sp³-hybridized carbons (Fsp3) is 0.200. The zero-order valence-electron chi connectivity index (χ0n) is 11.1. The molecule has 2 aromatic carbocycles. The minimum atomic E-state index is -0.860. The highest BCUT2D eigenvalue weighted by atomic mass is 16.3. The predicted molar refractivity (Wildman–Crippen MR) is 81.9 cm³/mol. The first-order valence-corrected chi connectivity index (χ1v) is 6.34. The van der Waals surface area contributed by atoms with Gasteiger partial charge >= 0.3 is 0 Å². The van der Waals surface area contributed by atoms with Gasteiger partial charge in [-0.1, -0.05) is 12.1 Å². The number of rotatable bonds is 4. The van der Waals surface area contributed by atoms with E-state index in [-0.39, 0.29) is 13.0 Å². The monoisotopic (exact) mass is 273 g/mol.